The Morgan fingerprint density at radius 1 is 1.33 bits per heavy atom. The quantitative estimate of drug-likeness (QED) is 0.642. The smallest absolute Gasteiger partial charge is 0.288 e. The van der Waals surface area contributed by atoms with Crippen LogP contribution in [0.4, 0.5) is 0 Å². The van der Waals surface area contributed by atoms with Crippen LogP contribution in [-0.4, -0.2) is 40.4 Å². The number of nitrogens with zero attached hydrogens (tertiary/aromatic N) is 2. The van der Waals surface area contributed by atoms with E-state index in [-0.39, 0.29) is 18.0 Å². The Bertz CT molecular complexity index is 913. The topological polar surface area (TPSA) is 89.0 Å². The number of carbonyl (C=O) groups is 1. The van der Waals surface area contributed by atoms with E-state index in [4.69, 9.17) is 4.74 Å². The van der Waals surface area contributed by atoms with E-state index in [0.717, 1.165) is 22.7 Å². The number of rotatable bonds is 7. The van der Waals surface area contributed by atoms with Crippen LogP contribution in [0.3, 0.4) is 0 Å². The summed E-state index contributed by atoms with van der Waals surface area (Å²) < 4.78 is 6.98. The van der Waals surface area contributed by atoms with Crippen molar-refractivity contribution in [3.63, 3.8) is 0 Å². The number of hydrogen-bond donors (Lipinski definition) is 2. The standard InChI is InChI=1S/C17H20N4O3/c1-2-24-9-5-8-18-15(22)11-21-14-7-4-3-6-12(14)13-10-19-20-17(23)16(13)21/h3-4,6-7,10H,2,5,8-9,11H2,1H3,(H,18,22)(H,20,23). The first-order chi connectivity index (χ1) is 11.7. The van der Waals surface area contributed by atoms with Crippen molar-refractivity contribution in [2.75, 3.05) is 19.8 Å². The molecule has 0 saturated carbocycles. The summed E-state index contributed by atoms with van der Waals surface area (Å²) in [4.78, 5) is 24.4. The average Bonchev–Trinajstić information content (AvgIpc) is 2.90. The fourth-order valence-corrected chi connectivity index (χ4v) is 2.82. The second kappa shape index (κ2) is 7.27. The molecule has 3 aromatic rings. The lowest BCUT2D eigenvalue weighted by molar-refractivity contribution is -0.121. The first-order valence-corrected chi connectivity index (χ1v) is 8.01. The maximum atomic E-state index is 12.2. The lowest BCUT2D eigenvalue weighted by atomic mass is 10.2. The van der Waals surface area contributed by atoms with Crippen LogP contribution in [0, 0.1) is 0 Å². The van der Waals surface area contributed by atoms with Gasteiger partial charge in [-0.05, 0) is 19.4 Å². The third-order valence-corrected chi connectivity index (χ3v) is 3.88. The molecular weight excluding hydrogens is 308 g/mol. The lowest BCUT2D eigenvalue weighted by Crippen LogP contribution is -2.29. The number of ether oxygens (including phenoxy) is 1. The largest absolute Gasteiger partial charge is 0.382 e. The summed E-state index contributed by atoms with van der Waals surface area (Å²) in [5.74, 6) is -0.134. The van der Waals surface area contributed by atoms with Gasteiger partial charge in [0.1, 0.15) is 12.1 Å². The number of aromatic amines is 1. The minimum atomic E-state index is -0.298. The molecule has 7 heteroatoms. The summed E-state index contributed by atoms with van der Waals surface area (Å²) in [6.45, 7) is 3.87. The molecule has 0 aliphatic heterocycles. The van der Waals surface area contributed by atoms with Gasteiger partial charge in [-0.25, -0.2) is 5.10 Å². The van der Waals surface area contributed by atoms with Gasteiger partial charge in [0, 0.05) is 36.0 Å². The number of fused-ring (bicyclic) bond motifs is 3. The zero-order valence-corrected chi connectivity index (χ0v) is 13.5. The summed E-state index contributed by atoms with van der Waals surface area (Å²) in [6, 6.07) is 7.62. The summed E-state index contributed by atoms with van der Waals surface area (Å²) in [5, 5.41) is 10.8. The highest BCUT2D eigenvalue weighted by Gasteiger charge is 2.15. The second-order valence-electron chi connectivity index (χ2n) is 5.47. The number of benzene rings is 1. The fourth-order valence-electron chi connectivity index (χ4n) is 2.82. The maximum absolute atomic E-state index is 12.2. The van der Waals surface area contributed by atoms with Gasteiger partial charge >= 0.3 is 0 Å². The number of nitrogens with one attached hydrogen (secondary N) is 2. The minimum Gasteiger partial charge on any atom is -0.382 e. The number of aromatic nitrogens is 3. The van der Waals surface area contributed by atoms with E-state index in [2.05, 4.69) is 15.5 Å². The SMILES string of the molecule is CCOCCCNC(=O)Cn1c2ccccc2c2cn[nH]c(=O)c21. The molecule has 0 unspecified atom stereocenters. The molecule has 0 fully saturated rings. The number of amides is 1. The zero-order valence-electron chi connectivity index (χ0n) is 13.5. The third kappa shape index (κ3) is 3.16. The predicted molar refractivity (Wildman–Crippen MR) is 92.0 cm³/mol. The van der Waals surface area contributed by atoms with Gasteiger partial charge in [-0.1, -0.05) is 18.2 Å². The van der Waals surface area contributed by atoms with Crippen molar-refractivity contribution < 1.29 is 9.53 Å². The molecule has 24 heavy (non-hydrogen) atoms. The Morgan fingerprint density at radius 2 is 2.17 bits per heavy atom. The van der Waals surface area contributed by atoms with E-state index in [1.54, 1.807) is 10.8 Å². The molecule has 126 valence electrons. The van der Waals surface area contributed by atoms with E-state index >= 15 is 0 Å². The summed E-state index contributed by atoms with van der Waals surface area (Å²) in [6.07, 6.45) is 2.38. The van der Waals surface area contributed by atoms with Crippen molar-refractivity contribution in [1.29, 1.82) is 0 Å². The summed E-state index contributed by atoms with van der Waals surface area (Å²) in [7, 11) is 0. The average molecular weight is 328 g/mol. The van der Waals surface area contributed by atoms with E-state index in [1.807, 2.05) is 31.2 Å². The molecular formula is C17H20N4O3. The number of H-pyrrole nitrogens is 1. The fraction of sp³-hybridized carbons (Fsp3) is 0.353. The van der Waals surface area contributed by atoms with Crippen LogP contribution in [0.5, 0.6) is 0 Å². The predicted octanol–water partition coefficient (Wildman–Crippen LogP) is 1.42. The molecule has 2 heterocycles. The van der Waals surface area contributed by atoms with Crippen LogP contribution < -0.4 is 10.9 Å². The number of para-hydroxylation sites is 1. The van der Waals surface area contributed by atoms with E-state index in [1.165, 1.54) is 0 Å². The highest BCUT2D eigenvalue weighted by molar-refractivity contribution is 6.07. The lowest BCUT2D eigenvalue weighted by Gasteiger charge is -2.08. The molecule has 0 bridgehead atoms. The van der Waals surface area contributed by atoms with Gasteiger partial charge in [0.25, 0.3) is 5.56 Å². The van der Waals surface area contributed by atoms with E-state index in [0.29, 0.717) is 25.3 Å². The van der Waals surface area contributed by atoms with Crippen molar-refractivity contribution >= 4 is 27.7 Å². The highest BCUT2D eigenvalue weighted by atomic mass is 16.5. The Morgan fingerprint density at radius 3 is 3.00 bits per heavy atom. The van der Waals surface area contributed by atoms with Crippen molar-refractivity contribution in [3.05, 3.63) is 40.8 Å². The van der Waals surface area contributed by atoms with E-state index < -0.39 is 0 Å². The van der Waals surface area contributed by atoms with Gasteiger partial charge in [0.05, 0.1) is 6.20 Å². The Balaban J connectivity index is 1.85. The molecule has 0 aliphatic carbocycles. The Hall–Kier alpha value is -2.67. The Labute approximate surface area is 138 Å². The zero-order chi connectivity index (χ0) is 16.9. The van der Waals surface area contributed by atoms with Crippen LogP contribution in [0.25, 0.3) is 21.8 Å². The van der Waals surface area contributed by atoms with Crippen LogP contribution in [0.1, 0.15) is 13.3 Å². The molecule has 3 rings (SSSR count). The van der Waals surface area contributed by atoms with Gasteiger partial charge < -0.3 is 14.6 Å². The molecule has 7 nitrogen and oxygen atoms in total. The third-order valence-electron chi connectivity index (χ3n) is 3.88. The van der Waals surface area contributed by atoms with Crippen molar-refractivity contribution in [2.45, 2.75) is 19.9 Å². The molecule has 2 N–H and O–H groups in total. The molecule has 0 atom stereocenters. The Kier molecular flexibility index (Phi) is 4.90. The molecule has 0 radical (unpaired) electrons. The van der Waals surface area contributed by atoms with Crippen LogP contribution in [0.15, 0.2) is 35.3 Å². The van der Waals surface area contributed by atoms with Crippen LogP contribution in [-0.2, 0) is 16.1 Å². The molecule has 1 aromatic carbocycles. The molecule has 0 spiro atoms. The first-order valence-electron chi connectivity index (χ1n) is 8.01. The molecule has 2 aromatic heterocycles. The van der Waals surface area contributed by atoms with Gasteiger partial charge in [0.2, 0.25) is 5.91 Å². The first kappa shape index (κ1) is 16.2. The van der Waals surface area contributed by atoms with E-state index in [9.17, 15) is 9.59 Å². The van der Waals surface area contributed by atoms with Crippen molar-refractivity contribution in [1.82, 2.24) is 20.1 Å². The van der Waals surface area contributed by atoms with Crippen LogP contribution in [0.2, 0.25) is 0 Å². The molecule has 0 aliphatic rings. The van der Waals surface area contributed by atoms with Gasteiger partial charge in [-0.15, -0.1) is 0 Å². The normalized spacial score (nSPS) is 11.2. The van der Waals surface area contributed by atoms with Gasteiger partial charge in [0.15, 0.2) is 0 Å². The molecule has 1 amide bonds. The maximum Gasteiger partial charge on any atom is 0.288 e. The highest BCUT2D eigenvalue weighted by Crippen LogP contribution is 2.25. The van der Waals surface area contributed by atoms with Crippen molar-refractivity contribution in [3.8, 4) is 0 Å². The number of carbonyl (C=O) groups excluding carboxylic acids is 1. The van der Waals surface area contributed by atoms with Crippen molar-refractivity contribution in [2.24, 2.45) is 0 Å². The van der Waals surface area contributed by atoms with Gasteiger partial charge in [-0.3, -0.25) is 9.59 Å². The minimum absolute atomic E-state index is 0.0890. The summed E-state index contributed by atoms with van der Waals surface area (Å²) in [5.41, 5.74) is 1.01. The van der Waals surface area contributed by atoms with Gasteiger partial charge in [-0.2, -0.15) is 5.10 Å². The number of hydrogen-bond acceptors (Lipinski definition) is 4. The second-order valence-corrected chi connectivity index (χ2v) is 5.47. The monoisotopic (exact) mass is 328 g/mol. The summed E-state index contributed by atoms with van der Waals surface area (Å²) >= 11 is 0. The van der Waals surface area contributed by atoms with Crippen LogP contribution >= 0.6 is 0 Å². The molecule has 0 saturated heterocycles.